The van der Waals surface area contributed by atoms with Crippen molar-refractivity contribution in [2.75, 3.05) is 46.2 Å². The van der Waals surface area contributed by atoms with Crippen LogP contribution in [0.3, 0.4) is 0 Å². The largest absolute Gasteiger partial charge is 0.477 e. The molecular formula is C80H142N4O37. The monoisotopic (exact) mass is 1750 g/mol. The number of aliphatic hydroxyl groups is 19. The summed E-state index contributed by atoms with van der Waals surface area (Å²) in [7, 11) is 0. The molecule has 41 heteroatoms. The molecule has 0 radical (unpaired) electrons. The minimum atomic E-state index is -4.14. The molecule has 0 aliphatic carbocycles. The fraction of sp³-hybridized carbons (Fsp3) is 0.887. The molecule has 4 aliphatic heterocycles. The number of carbonyl (C=O) groups is 7. The van der Waals surface area contributed by atoms with E-state index in [9.17, 15) is 146 Å². The van der Waals surface area contributed by atoms with Gasteiger partial charge in [0.05, 0.1) is 75.9 Å². The predicted octanol–water partition coefficient (Wildman–Crippen LogP) is -2.95. The number of aliphatic carboxylic acids is 3. The van der Waals surface area contributed by atoms with Crippen LogP contribution in [0.1, 0.15) is 240 Å². The highest BCUT2D eigenvalue weighted by molar-refractivity contribution is 5.82. The van der Waals surface area contributed by atoms with Gasteiger partial charge in [-0.25, -0.2) is 14.4 Å². The summed E-state index contributed by atoms with van der Waals surface area (Å²) in [5, 5.41) is 253. The molecule has 121 heavy (non-hydrogen) atoms. The van der Waals surface area contributed by atoms with Crippen LogP contribution in [-0.2, 0) is 71.5 Å². The van der Waals surface area contributed by atoms with E-state index in [1.165, 1.54) is 89.5 Å². The molecule has 4 heterocycles. The number of rotatable bonds is 62. The Morgan fingerprint density at radius 3 is 1.40 bits per heavy atom. The van der Waals surface area contributed by atoms with Crippen molar-refractivity contribution in [3.8, 4) is 0 Å². The van der Waals surface area contributed by atoms with Gasteiger partial charge in [-0.05, 0) is 25.2 Å². The minimum Gasteiger partial charge on any atom is -0.477 e. The van der Waals surface area contributed by atoms with E-state index in [1.54, 1.807) is 6.08 Å². The molecule has 4 fully saturated rings. The molecule has 0 bridgehead atoms. The average Bonchev–Trinajstić information content (AvgIpc) is 0.716. The van der Waals surface area contributed by atoms with Crippen molar-refractivity contribution in [3.63, 3.8) is 0 Å². The molecule has 704 valence electrons. The molecule has 4 saturated heterocycles. The maximum atomic E-state index is 14.1. The van der Waals surface area contributed by atoms with E-state index < -0.39 is 264 Å². The summed E-state index contributed by atoms with van der Waals surface area (Å²) in [6, 6.07) is -8.49. The first-order valence-corrected chi connectivity index (χ1v) is 42.8. The lowest BCUT2D eigenvalue weighted by Gasteiger charge is -2.57. The van der Waals surface area contributed by atoms with Crippen molar-refractivity contribution in [2.24, 2.45) is 5.92 Å². The molecular weight excluding hydrogens is 1610 g/mol. The number of unbranched alkanes of at least 4 members (excludes halogenated alkanes) is 25. The Hall–Kier alpha value is -5.05. The Kier molecular flexibility index (Phi) is 48.5. The Bertz CT molecular complexity index is 3060. The number of aliphatic hydroxyl groups excluding tert-OH is 17. The first-order valence-electron chi connectivity index (χ1n) is 42.8. The Morgan fingerprint density at radius 1 is 0.529 bits per heavy atom. The second-order valence-electron chi connectivity index (χ2n) is 32.7. The number of ether oxygens (including phenoxy) is 8. The van der Waals surface area contributed by atoms with Crippen LogP contribution < -0.4 is 21.3 Å². The van der Waals surface area contributed by atoms with E-state index >= 15 is 0 Å². The maximum absolute atomic E-state index is 14.1. The molecule has 1 unspecified atom stereocenters. The van der Waals surface area contributed by atoms with Crippen molar-refractivity contribution in [1.29, 1.82) is 0 Å². The first-order chi connectivity index (χ1) is 57.3. The summed E-state index contributed by atoms with van der Waals surface area (Å²) in [5.41, 5.74) is 0. The van der Waals surface area contributed by atoms with Gasteiger partial charge in [0.25, 0.3) is 17.4 Å². The molecule has 0 saturated carbocycles. The molecule has 4 amide bonds. The van der Waals surface area contributed by atoms with E-state index in [0.29, 0.717) is 32.1 Å². The summed E-state index contributed by atoms with van der Waals surface area (Å²) in [6.07, 6.45) is -12.1. The minimum absolute atomic E-state index is 0.0279. The number of nitrogens with one attached hydrogen (secondary N) is 4. The Morgan fingerprint density at radius 2 is 0.959 bits per heavy atom. The third kappa shape index (κ3) is 32.6. The molecule has 27 atom stereocenters. The molecule has 26 N–H and O–H groups in total. The smallest absolute Gasteiger partial charge is 0.364 e. The van der Waals surface area contributed by atoms with E-state index in [2.05, 4.69) is 26.1 Å². The highest BCUT2D eigenvalue weighted by Crippen LogP contribution is 2.48. The standard InChI is InChI=1S/C80H142N4O37/c1-5-7-8-9-10-11-12-13-14-15-16-17-18-19-20-21-22-27-30-33-36-51(92)71(105)82-49(50(91)35-32-29-26-24-23-25-28-31-34-47(3)6-2)44-114-72-65(103)70(104)80(113,57(42-88)116-72)121-79(75(110)111)46-76(112,69(81-48(4)90)68(119-79)64(102)56(97)41-87)120-78(74(108)109)38-53(94)61(67(118-78)63(101)55(96)40-86)84-59(99)45-115-77(73(106)107)37-52(93)60(83-58(98)43-89)66(117-77)62(100)54(95)39-85/h32,35,47,49-57,60-70,72,85-89,91-97,100-104,112-113H,5-31,33-34,36-46H2,1-4H3,(H,81,90)(H,82,105)(H,83,98)(H,84,99)(H,106,107)(H,108,109)(H,110,111)/b35-32+/t47?,49-,50+,51-,52-,53-,54+,55+,56+,57+,60+,61+,62+,63+,64+,65+,66+,67+,68-,69-,70+,72+,76+,77+,78-,79-,80-/m0/s1. The lowest BCUT2D eigenvalue weighted by Crippen LogP contribution is -2.78. The highest BCUT2D eigenvalue weighted by Gasteiger charge is 2.71. The van der Waals surface area contributed by atoms with E-state index in [1.807, 2.05) is 16.0 Å². The number of hydrogen-bond acceptors (Lipinski definition) is 34. The molecule has 41 nitrogen and oxygen atoms in total. The topological polar surface area (TPSA) is 687 Å². The molecule has 4 rings (SSSR count). The van der Waals surface area contributed by atoms with Crippen molar-refractivity contribution in [2.45, 2.75) is 397 Å². The highest BCUT2D eigenvalue weighted by atomic mass is 16.8. The molecule has 0 aromatic heterocycles. The number of carbonyl (C=O) groups excluding carboxylic acids is 4. The van der Waals surface area contributed by atoms with Crippen molar-refractivity contribution >= 4 is 41.5 Å². The molecule has 4 aliphatic rings. The number of carboxylic acids is 3. The van der Waals surface area contributed by atoms with E-state index in [0.717, 1.165) is 83.5 Å². The molecule has 0 aromatic carbocycles. The number of hydrogen-bond donors (Lipinski definition) is 26. The van der Waals surface area contributed by atoms with Gasteiger partial charge in [0.15, 0.2) is 12.1 Å². The molecule has 0 spiro atoms. The van der Waals surface area contributed by atoms with Crippen LogP contribution in [-0.4, -0.2) is 357 Å². The first kappa shape index (κ1) is 108. The zero-order valence-corrected chi connectivity index (χ0v) is 70.1. The fourth-order valence-corrected chi connectivity index (χ4v) is 15.4. The van der Waals surface area contributed by atoms with Crippen LogP contribution in [0, 0.1) is 5.92 Å². The number of carboxylic acid groups (broad SMARTS) is 3. The van der Waals surface area contributed by atoms with Crippen LogP contribution in [0.2, 0.25) is 0 Å². The van der Waals surface area contributed by atoms with Gasteiger partial charge in [-0.2, -0.15) is 0 Å². The SMILES string of the molecule is CCCCCCCCCCCCCCCCCCCCCC[C@H](O)C(=O)N[C@@H](CO[C@@H]1O[C@H](CO)[C@](O)(O[C@]2(C(=O)O)C[C@@](O)(O[C@]3(C(=O)O)C[C@H](O)[C@@H](NC(=O)CO[C@]4(C(=O)O)C[C@H](O)[C@@H](NC(=O)CO)[C@H]([C@H](O)[C@H](O)CO)O4)[C@H]([C@H](O)[C@H](O)CO)O3)[C@@H](NC(C)=O)[C@H]([C@H](O)[C@H](O)CO)O2)[C@H](O)[C@H]1O)[C@H](O)/C=C/CCCCCCCCC(C)CC. The van der Waals surface area contributed by atoms with Crippen molar-refractivity contribution in [3.05, 3.63) is 12.2 Å². The van der Waals surface area contributed by atoms with Crippen LogP contribution in [0.5, 0.6) is 0 Å². The second-order valence-corrected chi connectivity index (χ2v) is 32.7. The van der Waals surface area contributed by atoms with Crippen LogP contribution in [0.15, 0.2) is 12.2 Å². The third-order valence-corrected chi connectivity index (χ3v) is 22.9. The quantitative estimate of drug-likeness (QED) is 0.0164. The Labute approximate surface area is 705 Å². The van der Waals surface area contributed by atoms with Crippen molar-refractivity contribution < 1.29 is 184 Å². The zero-order chi connectivity index (χ0) is 90.4. The summed E-state index contributed by atoms with van der Waals surface area (Å²) in [6.45, 7) is -2.16. The summed E-state index contributed by atoms with van der Waals surface area (Å²) >= 11 is 0. The van der Waals surface area contributed by atoms with E-state index in [4.69, 9.17) is 37.9 Å². The zero-order valence-electron chi connectivity index (χ0n) is 70.1. The average molecular weight is 1750 g/mol. The van der Waals surface area contributed by atoms with Gasteiger partial charge in [-0.1, -0.05) is 206 Å². The van der Waals surface area contributed by atoms with E-state index in [-0.39, 0.29) is 6.42 Å². The summed E-state index contributed by atoms with van der Waals surface area (Å²) in [5.74, 6) is -31.2. The second kappa shape index (κ2) is 54.2. The normalized spacial score (nSPS) is 30.9. The number of allylic oxidation sites excluding steroid dienone is 1. The van der Waals surface area contributed by atoms with Crippen LogP contribution >= 0.6 is 0 Å². The number of amides is 4. The maximum Gasteiger partial charge on any atom is 0.364 e. The lowest BCUT2D eigenvalue weighted by molar-refractivity contribution is -0.473. The van der Waals surface area contributed by atoms with Gasteiger partial charge in [0.1, 0.15) is 98.6 Å². The van der Waals surface area contributed by atoms with Gasteiger partial charge in [-0.3, -0.25) is 19.2 Å². The summed E-state index contributed by atoms with van der Waals surface area (Å²) < 4.78 is 45.2. The van der Waals surface area contributed by atoms with Gasteiger partial charge in [-0.15, -0.1) is 0 Å². The van der Waals surface area contributed by atoms with Crippen molar-refractivity contribution in [1.82, 2.24) is 21.3 Å². The van der Waals surface area contributed by atoms with Gasteiger partial charge >= 0.3 is 17.9 Å². The fourth-order valence-electron chi connectivity index (χ4n) is 15.4. The predicted molar refractivity (Wildman–Crippen MR) is 421 cm³/mol. The van der Waals surface area contributed by atoms with Crippen LogP contribution in [0.25, 0.3) is 0 Å². The Balaban J connectivity index is 1.63. The third-order valence-electron chi connectivity index (χ3n) is 22.9. The summed E-state index contributed by atoms with van der Waals surface area (Å²) in [4.78, 5) is 94.0. The molecule has 0 aromatic rings. The lowest BCUT2D eigenvalue weighted by atomic mass is 9.83. The van der Waals surface area contributed by atoms with Gasteiger partial charge in [0.2, 0.25) is 29.4 Å². The van der Waals surface area contributed by atoms with Crippen LogP contribution in [0.4, 0.5) is 0 Å². The van der Waals surface area contributed by atoms with Gasteiger partial charge in [0, 0.05) is 19.8 Å². The van der Waals surface area contributed by atoms with Gasteiger partial charge < -0.3 is 172 Å².